The fourth-order valence-corrected chi connectivity index (χ4v) is 3.06. The maximum Gasteiger partial charge on any atom is 0.260 e. The first kappa shape index (κ1) is 16.6. The monoisotopic (exact) mass is 332 g/mol. The number of carbonyl (C=O) groups excluding carboxylic acids is 1. The lowest BCUT2D eigenvalue weighted by Crippen LogP contribution is -2.36. The zero-order valence-electron chi connectivity index (χ0n) is 14.0. The molecule has 1 aliphatic carbocycles. The van der Waals surface area contributed by atoms with Gasteiger partial charge in [-0.3, -0.25) is 4.79 Å². The van der Waals surface area contributed by atoms with Crippen LogP contribution in [-0.4, -0.2) is 31.1 Å². The number of carbonyl (C=O) groups is 1. The zero-order valence-corrected chi connectivity index (χ0v) is 14.0. The van der Waals surface area contributed by atoms with Crippen molar-refractivity contribution in [3.63, 3.8) is 0 Å². The maximum atomic E-state index is 12.0. The highest BCUT2D eigenvalue weighted by Crippen LogP contribution is 2.32. The molecular formula is C18H24N2O4. The van der Waals surface area contributed by atoms with E-state index < -0.39 is 0 Å². The highest BCUT2D eigenvalue weighted by atomic mass is 16.7. The Morgan fingerprint density at radius 1 is 1.21 bits per heavy atom. The predicted molar refractivity (Wildman–Crippen MR) is 90.4 cm³/mol. The van der Waals surface area contributed by atoms with Gasteiger partial charge >= 0.3 is 0 Å². The van der Waals surface area contributed by atoms with Gasteiger partial charge in [-0.25, -0.2) is 0 Å². The minimum atomic E-state index is -0.107. The van der Waals surface area contributed by atoms with E-state index in [1.54, 1.807) is 0 Å². The smallest absolute Gasteiger partial charge is 0.260 e. The number of nitrogens with one attached hydrogen (secondary N) is 1. The summed E-state index contributed by atoms with van der Waals surface area (Å²) >= 11 is 0. The van der Waals surface area contributed by atoms with Crippen LogP contribution in [0.25, 0.3) is 0 Å². The van der Waals surface area contributed by atoms with Crippen molar-refractivity contribution < 1.29 is 19.1 Å². The van der Waals surface area contributed by atoms with E-state index in [-0.39, 0.29) is 25.3 Å². The molecule has 1 saturated carbocycles. The van der Waals surface area contributed by atoms with E-state index in [0.717, 1.165) is 24.2 Å². The second-order valence-corrected chi connectivity index (χ2v) is 6.27. The van der Waals surface area contributed by atoms with Crippen molar-refractivity contribution in [3.8, 4) is 11.5 Å². The summed E-state index contributed by atoms with van der Waals surface area (Å²) in [5.41, 5.74) is 1.57. The van der Waals surface area contributed by atoms with Crippen LogP contribution in [0.2, 0.25) is 0 Å². The molecule has 0 radical (unpaired) electrons. The highest BCUT2D eigenvalue weighted by molar-refractivity contribution is 5.99. The number of benzene rings is 1. The standard InChI is InChI=1S/C18H24N2O4/c1-13(14-8-9-16-17(10-14)23-12-22-16)20-24-11-18(21)19-15-6-4-2-3-5-7-15/h8-10,15H,2-7,11-12H2,1H3,(H,19,21)/b20-13-. The molecule has 2 aliphatic rings. The van der Waals surface area contributed by atoms with Crippen LogP contribution in [-0.2, 0) is 9.63 Å². The lowest BCUT2D eigenvalue weighted by molar-refractivity contribution is -0.126. The minimum Gasteiger partial charge on any atom is -0.454 e. The topological polar surface area (TPSA) is 69.2 Å². The molecule has 3 rings (SSSR count). The molecule has 0 spiro atoms. The third-order valence-corrected chi connectivity index (χ3v) is 4.41. The van der Waals surface area contributed by atoms with Crippen molar-refractivity contribution in [2.24, 2.45) is 5.16 Å². The average Bonchev–Trinajstić information content (AvgIpc) is 2.90. The first-order chi connectivity index (χ1) is 11.7. The highest BCUT2D eigenvalue weighted by Gasteiger charge is 2.16. The SMILES string of the molecule is C/C(=N/OCC(=O)NC1CCCCCC1)c1ccc2c(c1)OCO2. The number of amides is 1. The molecule has 0 atom stereocenters. The van der Waals surface area contributed by atoms with E-state index in [9.17, 15) is 4.79 Å². The maximum absolute atomic E-state index is 12.0. The lowest BCUT2D eigenvalue weighted by Gasteiger charge is -2.15. The molecule has 1 fully saturated rings. The van der Waals surface area contributed by atoms with Gasteiger partial charge in [0, 0.05) is 11.6 Å². The third kappa shape index (κ3) is 4.40. The number of fused-ring (bicyclic) bond motifs is 1. The molecule has 1 aromatic rings. The first-order valence-corrected chi connectivity index (χ1v) is 8.58. The molecule has 1 aliphatic heterocycles. The van der Waals surface area contributed by atoms with Gasteiger partial charge in [-0.2, -0.15) is 0 Å². The number of rotatable bonds is 5. The molecule has 1 heterocycles. The number of hydrogen-bond donors (Lipinski definition) is 1. The van der Waals surface area contributed by atoms with Gasteiger partial charge in [0.25, 0.3) is 5.91 Å². The first-order valence-electron chi connectivity index (χ1n) is 8.58. The Hall–Kier alpha value is -2.24. The Bertz CT molecular complexity index is 607. The Morgan fingerprint density at radius 2 is 1.96 bits per heavy atom. The van der Waals surface area contributed by atoms with Crippen molar-refractivity contribution in [1.82, 2.24) is 5.32 Å². The second kappa shape index (κ2) is 8.04. The molecule has 0 unspecified atom stereocenters. The molecule has 1 N–H and O–H groups in total. The van der Waals surface area contributed by atoms with E-state index in [2.05, 4.69) is 10.5 Å². The minimum absolute atomic E-state index is 0.0572. The fourth-order valence-electron chi connectivity index (χ4n) is 3.06. The second-order valence-electron chi connectivity index (χ2n) is 6.27. The van der Waals surface area contributed by atoms with Gasteiger partial charge in [-0.15, -0.1) is 0 Å². The molecule has 24 heavy (non-hydrogen) atoms. The summed E-state index contributed by atoms with van der Waals surface area (Å²) in [6, 6.07) is 5.87. The normalized spacial score (nSPS) is 18.1. The summed E-state index contributed by atoms with van der Waals surface area (Å²) in [4.78, 5) is 17.2. The van der Waals surface area contributed by atoms with Gasteiger partial charge in [0.1, 0.15) is 0 Å². The van der Waals surface area contributed by atoms with Crippen LogP contribution in [0.5, 0.6) is 11.5 Å². The predicted octanol–water partition coefficient (Wildman–Crippen LogP) is 2.99. The van der Waals surface area contributed by atoms with Gasteiger partial charge in [0.15, 0.2) is 18.1 Å². The Morgan fingerprint density at radius 3 is 2.75 bits per heavy atom. The van der Waals surface area contributed by atoms with E-state index in [4.69, 9.17) is 14.3 Å². The van der Waals surface area contributed by atoms with Crippen LogP contribution >= 0.6 is 0 Å². The molecule has 0 saturated heterocycles. The quantitative estimate of drug-likeness (QED) is 0.511. The molecule has 1 amide bonds. The average molecular weight is 332 g/mol. The summed E-state index contributed by atoms with van der Waals surface area (Å²) in [6.45, 7) is 2.02. The summed E-state index contributed by atoms with van der Waals surface area (Å²) < 4.78 is 10.6. The number of ether oxygens (including phenoxy) is 2. The van der Waals surface area contributed by atoms with Gasteiger partial charge in [-0.05, 0) is 38.0 Å². The molecule has 6 nitrogen and oxygen atoms in total. The van der Waals surface area contributed by atoms with E-state index in [1.807, 2.05) is 25.1 Å². The third-order valence-electron chi connectivity index (χ3n) is 4.41. The van der Waals surface area contributed by atoms with E-state index in [1.165, 1.54) is 25.7 Å². The molecule has 130 valence electrons. The zero-order chi connectivity index (χ0) is 16.8. The Labute approximate surface area is 142 Å². The lowest BCUT2D eigenvalue weighted by atomic mass is 10.1. The van der Waals surface area contributed by atoms with Crippen LogP contribution in [0.3, 0.4) is 0 Å². The van der Waals surface area contributed by atoms with Crippen molar-refractivity contribution in [1.29, 1.82) is 0 Å². The summed E-state index contributed by atoms with van der Waals surface area (Å²) in [5.74, 6) is 1.33. The van der Waals surface area contributed by atoms with Crippen LogP contribution in [0, 0.1) is 0 Å². The van der Waals surface area contributed by atoms with Crippen LogP contribution in [0.4, 0.5) is 0 Å². The summed E-state index contributed by atoms with van der Waals surface area (Å²) in [7, 11) is 0. The molecule has 6 heteroatoms. The van der Waals surface area contributed by atoms with Crippen molar-refractivity contribution in [3.05, 3.63) is 23.8 Å². The molecular weight excluding hydrogens is 308 g/mol. The van der Waals surface area contributed by atoms with Crippen molar-refractivity contribution in [2.45, 2.75) is 51.5 Å². The Kier molecular flexibility index (Phi) is 5.56. The summed E-state index contributed by atoms with van der Waals surface area (Å²) in [5, 5.41) is 7.07. The van der Waals surface area contributed by atoms with Gasteiger partial charge in [0.2, 0.25) is 6.79 Å². The van der Waals surface area contributed by atoms with Crippen molar-refractivity contribution >= 4 is 11.6 Å². The number of nitrogens with zero attached hydrogens (tertiary/aromatic N) is 1. The largest absolute Gasteiger partial charge is 0.454 e. The number of oxime groups is 1. The molecule has 0 aromatic heterocycles. The summed E-state index contributed by atoms with van der Waals surface area (Å²) in [6.07, 6.45) is 7.03. The van der Waals surface area contributed by atoms with Crippen LogP contribution in [0.1, 0.15) is 51.0 Å². The number of hydrogen-bond acceptors (Lipinski definition) is 5. The fraction of sp³-hybridized carbons (Fsp3) is 0.556. The molecule has 0 bridgehead atoms. The molecule has 1 aromatic carbocycles. The van der Waals surface area contributed by atoms with E-state index in [0.29, 0.717) is 11.5 Å². The van der Waals surface area contributed by atoms with Crippen LogP contribution < -0.4 is 14.8 Å². The van der Waals surface area contributed by atoms with Gasteiger partial charge in [0.05, 0.1) is 5.71 Å². The van der Waals surface area contributed by atoms with Crippen molar-refractivity contribution in [2.75, 3.05) is 13.4 Å². The Balaban J connectivity index is 1.47. The van der Waals surface area contributed by atoms with Gasteiger partial charge < -0.3 is 19.6 Å². The van der Waals surface area contributed by atoms with Crippen LogP contribution in [0.15, 0.2) is 23.4 Å². The van der Waals surface area contributed by atoms with Gasteiger partial charge in [-0.1, -0.05) is 30.8 Å². The van der Waals surface area contributed by atoms with E-state index >= 15 is 0 Å².